The summed E-state index contributed by atoms with van der Waals surface area (Å²) in [7, 11) is -3.73. The van der Waals surface area contributed by atoms with Crippen molar-refractivity contribution >= 4 is 27.6 Å². The summed E-state index contributed by atoms with van der Waals surface area (Å²) in [5.41, 5.74) is 1.36. The molecule has 1 aliphatic heterocycles. The molecule has 0 spiro atoms. The fraction of sp³-hybridized carbons (Fsp3) is 0.333. The molecule has 0 aliphatic carbocycles. The molecule has 166 valence electrons. The Hall–Kier alpha value is -2.98. The van der Waals surface area contributed by atoms with Crippen LogP contribution in [0.2, 0.25) is 0 Å². The highest BCUT2D eigenvalue weighted by Crippen LogP contribution is 2.15. The molecule has 1 aliphatic rings. The first-order valence-electron chi connectivity index (χ1n) is 9.93. The van der Waals surface area contributed by atoms with Crippen molar-refractivity contribution in [1.82, 2.24) is 10.2 Å². The number of aryl methyl sites for hydroxylation is 1. The molecule has 3 rings (SSSR count). The number of nitrogens with one attached hydrogen (secondary N) is 2. The number of likely N-dealkylation sites (tertiary alicyclic amines) is 1. The van der Waals surface area contributed by atoms with Gasteiger partial charge in [0.1, 0.15) is 5.82 Å². The van der Waals surface area contributed by atoms with Gasteiger partial charge in [-0.15, -0.1) is 0 Å². The Morgan fingerprint density at radius 1 is 1.03 bits per heavy atom. The smallest absolute Gasteiger partial charge is 0.319 e. The van der Waals surface area contributed by atoms with Gasteiger partial charge in [0.25, 0.3) is 0 Å². The number of hydrogen-bond acceptors (Lipinski definition) is 4. The topological polar surface area (TPSA) is 122 Å². The lowest BCUT2D eigenvalue weighted by Crippen LogP contribution is -2.47. The molecule has 0 radical (unpaired) electrons. The number of anilines is 1. The summed E-state index contributed by atoms with van der Waals surface area (Å²) in [6.45, 7) is 1.09. The van der Waals surface area contributed by atoms with Crippen LogP contribution in [0.4, 0.5) is 14.9 Å². The van der Waals surface area contributed by atoms with E-state index in [0.29, 0.717) is 44.5 Å². The molecule has 31 heavy (non-hydrogen) atoms. The molecule has 0 atom stereocenters. The number of benzene rings is 2. The van der Waals surface area contributed by atoms with E-state index in [1.54, 1.807) is 17.0 Å². The Bertz CT molecular complexity index is 1020. The molecule has 0 saturated carbocycles. The maximum atomic E-state index is 12.9. The number of halogens is 1. The summed E-state index contributed by atoms with van der Waals surface area (Å²) in [6, 6.07) is 11.3. The van der Waals surface area contributed by atoms with E-state index in [1.807, 2.05) is 0 Å². The van der Waals surface area contributed by atoms with Crippen molar-refractivity contribution in [1.29, 1.82) is 0 Å². The van der Waals surface area contributed by atoms with Crippen LogP contribution in [0.3, 0.4) is 0 Å². The molecule has 1 saturated heterocycles. The van der Waals surface area contributed by atoms with Gasteiger partial charge in [0.2, 0.25) is 15.9 Å². The third-order valence-corrected chi connectivity index (χ3v) is 6.09. The molecule has 10 heteroatoms. The Labute approximate surface area is 180 Å². The average molecular weight is 449 g/mol. The summed E-state index contributed by atoms with van der Waals surface area (Å²) >= 11 is 0. The van der Waals surface area contributed by atoms with Gasteiger partial charge in [0, 0.05) is 31.2 Å². The van der Waals surface area contributed by atoms with Gasteiger partial charge in [0.15, 0.2) is 0 Å². The highest BCUT2D eigenvalue weighted by Gasteiger charge is 2.23. The van der Waals surface area contributed by atoms with E-state index < -0.39 is 10.0 Å². The highest BCUT2D eigenvalue weighted by atomic mass is 32.2. The Balaban J connectivity index is 1.40. The summed E-state index contributed by atoms with van der Waals surface area (Å²) in [4.78, 5) is 26.4. The number of nitrogens with zero attached hydrogens (tertiary/aromatic N) is 1. The van der Waals surface area contributed by atoms with E-state index in [1.165, 1.54) is 36.4 Å². The molecule has 2 aromatic carbocycles. The van der Waals surface area contributed by atoms with Crippen molar-refractivity contribution in [3.8, 4) is 0 Å². The van der Waals surface area contributed by atoms with Crippen LogP contribution in [0.1, 0.15) is 24.8 Å². The van der Waals surface area contributed by atoms with Crippen LogP contribution < -0.4 is 15.8 Å². The first kappa shape index (κ1) is 22.7. The van der Waals surface area contributed by atoms with Gasteiger partial charge in [-0.3, -0.25) is 4.79 Å². The van der Waals surface area contributed by atoms with E-state index in [-0.39, 0.29) is 28.7 Å². The Kier molecular flexibility index (Phi) is 7.24. The number of urea groups is 1. The van der Waals surface area contributed by atoms with Crippen LogP contribution in [0.25, 0.3) is 0 Å². The molecular formula is C21H25FN4O4S. The number of hydrogen-bond donors (Lipinski definition) is 3. The number of piperidine rings is 1. The van der Waals surface area contributed by atoms with E-state index in [9.17, 15) is 22.4 Å². The molecule has 0 unspecified atom stereocenters. The van der Waals surface area contributed by atoms with Crippen molar-refractivity contribution in [2.24, 2.45) is 5.14 Å². The van der Waals surface area contributed by atoms with Gasteiger partial charge in [-0.1, -0.05) is 12.1 Å². The van der Waals surface area contributed by atoms with Crippen molar-refractivity contribution in [2.45, 2.75) is 36.6 Å². The SMILES string of the molecule is NS(=O)(=O)c1ccc(CCC(=O)N2CCC(NC(=O)Nc3ccc(F)cc3)CC2)cc1. The third-order valence-electron chi connectivity index (χ3n) is 5.16. The second-order valence-electron chi connectivity index (χ2n) is 7.45. The van der Waals surface area contributed by atoms with Crippen LogP contribution in [-0.4, -0.2) is 44.4 Å². The number of primary sulfonamides is 1. The normalized spacial score (nSPS) is 14.8. The lowest BCUT2D eigenvalue weighted by Gasteiger charge is -2.32. The lowest BCUT2D eigenvalue weighted by molar-refractivity contribution is -0.132. The van der Waals surface area contributed by atoms with Gasteiger partial charge >= 0.3 is 6.03 Å². The zero-order chi connectivity index (χ0) is 22.4. The Morgan fingerprint density at radius 2 is 1.65 bits per heavy atom. The minimum Gasteiger partial charge on any atom is -0.343 e. The first-order chi connectivity index (χ1) is 14.7. The van der Waals surface area contributed by atoms with Crippen molar-refractivity contribution in [3.05, 3.63) is 59.9 Å². The maximum absolute atomic E-state index is 12.9. The highest BCUT2D eigenvalue weighted by molar-refractivity contribution is 7.89. The van der Waals surface area contributed by atoms with Gasteiger partial charge in [-0.2, -0.15) is 0 Å². The number of sulfonamides is 1. The Morgan fingerprint density at radius 3 is 2.23 bits per heavy atom. The molecule has 0 bridgehead atoms. The number of carbonyl (C=O) groups is 2. The monoisotopic (exact) mass is 448 g/mol. The molecule has 8 nitrogen and oxygen atoms in total. The van der Waals surface area contributed by atoms with E-state index in [4.69, 9.17) is 5.14 Å². The van der Waals surface area contributed by atoms with E-state index in [0.717, 1.165) is 5.56 Å². The first-order valence-corrected chi connectivity index (χ1v) is 11.5. The largest absolute Gasteiger partial charge is 0.343 e. The van der Waals surface area contributed by atoms with E-state index in [2.05, 4.69) is 10.6 Å². The van der Waals surface area contributed by atoms with Crippen LogP contribution in [0.5, 0.6) is 0 Å². The standard InChI is InChI=1S/C21H25FN4O4S/c22-16-4-6-17(7-5-16)24-21(28)25-18-11-13-26(14-12-18)20(27)10-3-15-1-8-19(9-2-15)31(23,29)30/h1-2,4-9,18H,3,10-14H2,(H2,23,29,30)(H2,24,25,28). The van der Waals surface area contributed by atoms with Crippen LogP contribution in [0, 0.1) is 5.82 Å². The summed E-state index contributed by atoms with van der Waals surface area (Å²) in [5, 5.41) is 10.6. The maximum Gasteiger partial charge on any atom is 0.319 e. The summed E-state index contributed by atoms with van der Waals surface area (Å²) < 4.78 is 35.5. The number of nitrogens with two attached hydrogens (primary N) is 1. The molecule has 0 aromatic heterocycles. The minimum absolute atomic E-state index is 0.0183. The molecule has 1 fully saturated rings. The summed E-state index contributed by atoms with van der Waals surface area (Å²) in [5.74, 6) is -0.353. The minimum atomic E-state index is -3.73. The van der Waals surface area contributed by atoms with Gasteiger partial charge in [-0.25, -0.2) is 22.7 Å². The zero-order valence-corrected chi connectivity index (χ0v) is 17.7. The fourth-order valence-electron chi connectivity index (χ4n) is 3.41. The van der Waals surface area contributed by atoms with Crippen LogP contribution in [-0.2, 0) is 21.2 Å². The van der Waals surface area contributed by atoms with Gasteiger partial charge < -0.3 is 15.5 Å². The van der Waals surface area contributed by atoms with Crippen LogP contribution in [0.15, 0.2) is 53.4 Å². The average Bonchev–Trinajstić information content (AvgIpc) is 2.74. The zero-order valence-electron chi connectivity index (χ0n) is 16.9. The second-order valence-corrected chi connectivity index (χ2v) is 9.01. The van der Waals surface area contributed by atoms with Gasteiger partial charge in [-0.05, 0) is 61.2 Å². The molecule has 3 amide bonds. The van der Waals surface area contributed by atoms with Crippen molar-refractivity contribution in [3.63, 3.8) is 0 Å². The quantitative estimate of drug-likeness (QED) is 0.627. The molecule has 2 aromatic rings. The lowest BCUT2D eigenvalue weighted by atomic mass is 10.0. The number of carbonyl (C=O) groups excluding carboxylic acids is 2. The van der Waals surface area contributed by atoms with Crippen LogP contribution >= 0.6 is 0 Å². The predicted octanol–water partition coefficient (Wildman–Crippen LogP) is 2.22. The number of rotatable bonds is 6. The molecule has 4 N–H and O–H groups in total. The van der Waals surface area contributed by atoms with Crippen molar-refractivity contribution in [2.75, 3.05) is 18.4 Å². The molecular weight excluding hydrogens is 423 g/mol. The van der Waals surface area contributed by atoms with Crippen molar-refractivity contribution < 1.29 is 22.4 Å². The summed E-state index contributed by atoms with van der Waals surface area (Å²) in [6.07, 6.45) is 2.11. The molecule has 1 heterocycles. The number of amides is 3. The fourth-order valence-corrected chi connectivity index (χ4v) is 3.93. The predicted molar refractivity (Wildman–Crippen MR) is 114 cm³/mol. The second kappa shape index (κ2) is 9.88. The van der Waals surface area contributed by atoms with E-state index >= 15 is 0 Å². The van der Waals surface area contributed by atoms with Gasteiger partial charge in [0.05, 0.1) is 4.90 Å². The third kappa shape index (κ3) is 6.76.